The van der Waals surface area contributed by atoms with E-state index in [0.717, 1.165) is 19.4 Å². The van der Waals surface area contributed by atoms with Crippen molar-refractivity contribution in [2.75, 3.05) is 27.1 Å². The van der Waals surface area contributed by atoms with E-state index in [0.29, 0.717) is 21.9 Å². The van der Waals surface area contributed by atoms with Gasteiger partial charge < -0.3 is 14.0 Å². The van der Waals surface area contributed by atoms with Crippen LogP contribution in [0.4, 0.5) is 0 Å². The molecule has 0 fully saturated rings. The van der Waals surface area contributed by atoms with E-state index in [1.807, 2.05) is 0 Å². The number of allylic oxidation sites excluding steroid dienone is 1. The van der Waals surface area contributed by atoms with Crippen molar-refractivity contribution < 1.29 is 14.0 Å². The third kappa shape index (κ3) is 10.6. The molecular formula is C9H20O3P2. The van der Waals surface area contributed by atoms with E-state index >= 15 is 0 Å². The van der Waals surface area contributed by atoms with Crippen LogP contribution in [-0.4, -0.2) is 27.1 Å². The molecular weight excluding hydrogens is 218 g/mol. The predicted octanol–water partition coefficient (Wildman–Crippen LogP) is 2.73. The third-order valence-corrected chi connectivity index (χ3v) is 2.49. The molecule has 0 aliphatic carbocycles. The van der Waals surface area contributed by atoms with Crippen LogP contribution in [-0.2, 0) is 14.0 Å². The summed E-state index contributed by atoms with van der Waals surface area (Å²) in [6.45, 7) is 3.98. The molecule has 0 N–H and O–H groups in total. The molecule has 0 amide bonds. The van der Waals surface area contributed by atoms with Gasteiger partial charge in [0.05, 0.1) is 6.61 Å². The largest absolute Gasteiger partial charge is 0.359 e. The molecule has 2 atom stereocenters. The first-order valence-electron chi connectivity index (χ1n) is 4.61. The lowest BCUT2D eigenvalue weighted by Gasteiger charge is -2.03. The first-order chi connectivity index (χ1) is 6.81. The zero-order chi connectivity index (χ0) is 10.6. The zero-order valence-corrected chi connectivity index (χ0v) is 11.1. The molecule has 0 aromatic heterocycles. The van der Waals surface area contributed by atoms with Crippen LogP contribution in [0.25, 0.3) is 0 Å². The van der Waals surface area contributed by atoms with Gasteiger partial charge in [0.15, 0.2) is 0 Å². The molecule has 0 aliphatic rings. The highest BCUT2D eigenvalue weighted by molar-refractivity contribution is 8.00. The molecule has 0 radical (unpaired) electrons. The van der Waals surface area contributed by atoms with Gasteiger partial charge in [-0.25, -0.2) is 0 Å². The normalized spacial score (nSPS) is 12.9. The maximum absolute atomic E-state index is 5.21. The lowest BCUT2D eigenvalue weighted by molar-refractivity contribution is -0.0310. The highest BCUT2D eigenvalue weighted by atomic mass is 32.0. The summed E-state index contributed by atoms with van der Waals surface area (Å²) < 4.78 is 15.2. The molecule has 84 valence electrons. The number of methoxy groups -OCH3 is 1. The van der Waals surface area contributed by atoms with Crippen molar-refractivity contribution >= 4 is 17.4 Å². The fraction of sp³-hybridized carbons (Fsp3) is 0.778. The van der Waals surface area contributed by atoms with Gasteiger partial charge in [0.1, 0.15) is 6.79 Å². The molecule has 14 heavy (non-hydrogen) atoms. The molecule has 0 heterocycles. The Balaban J connectivity index is 3.25. The molecule has 0 aromatic rings. The molecule has 0 bridgehead atoms. The predicted molar refractivity (Wildman–Crippen MR) is 64.8 cm³/mol. The van der Waals surface area contributed by atoms with E-state index in [-0.39, 0.29) is 0 Å². The van der Waals surface area contributed by atoms with Gasteiger partial charge in [-0.2, -0.15) is 0 Å². The van der Waals surface area contributed by atoms with Gasteiger partial charge in [0.25, 0.3) is 0 Å². The van der Waals surface area contributed by atoms with Crippen molar-refractivity contribution in [3.05, 3.63) is 11.6 Å². The lowest BCUT2D eigenvalue weighted by Crippen LogP contribution is -1.98. The molecule has 0 rings (SSSR count). The van der Waals surface area contributed by atoms with E-state index in [4.69, 9.17) is 14.0 Å². The van der Waals surface area contributed by atoms with Crippen molar-refractivity contribution in [2.45, 2.75) is 19.8 Å². The Morgan fingerprint density at radius 2 is 2.29 bits per heavy atom. The Morgan fingerprint density at radius 3 is 2.93 bits per heavy atom. The summed E-state index contributed by atoms with van der Waals surface area (Å²) in [7, 11) is 4.68. The fourth-order valence-corrected chi connectivity index (χ4v) is 1.40. The van der Waals surface area contributed by atoms with E-state index < -0.39 is 0 Å². The molecule has 0 aromatic carbocycles. The van der Waals surface area contributed by atoms with Gasteiger partial charge >= 0.3 is 0 Å². The first-order valence-corrected chi connectivity index (χ1v) is 7.32. The average molecular weight is 238 g/mol. The molecule has 0 aliphatic heterocycles. The number of hydrogen-bond donors (Lipinski definition) is 0. The Morgan fingerprint density at radius 1 is 1.50 bits per heavy atom. The summed E-state index contributed by atoms with van der Waals surface area (Å²) in [6, 6.07) is 0. The quantitative estimate of drug-likeness (QED) is 0.267. The van der Waals surface area contributed by atoms with Crippen molar-refractivity contribution in [2.24, 2.45) is 0 Å². The van der Waals surface area contributed by atoms with E-state index in [1.54, 1.807) is 7.11 Å². The molecule has 2 unspecified atom stereocenters. The zero-order valence-electron chi connectivity index (χ0n) is 8.91. The maximum Gasteiger partial charge on any atom is 0.146 e. The van der Waals surface area contributed by atoms with Crippen molar-refractivity contribution in [3.8, 4) is 0 Å². The Kier molecular flexibility index (Phi) is 12.0. The van der Waals surface area contributed by atoms with Gasteiger partial charge in [-0.1, -0.05) is 20.6 Å². The van der Waals surface area contributed by atoms with Crippen LogP contribution in [0, 0.1) is 0 Å². The van der Waals surface area contributed by atoms with Crippen LogP contribution in [0.3, 0.4) is 0 Å². The second-order valence-electron chi connectivity index (χ2n) is 2.90. The minimum absolute atomic E-state index is 0.389. The molecule has 0 saturated heterocycles. The van der Waals surface area contributed by atoms with Crippen molar-refractivity contribution in [1.29, 1.82) is 0 Å². The van der Waals surface area contributed by atoms with Gasteiger partial charge in [0, 0.05) is 22.2 Å². The van der Waals surface area contributed by atoms with Crippen LogP contribution < -0.4 is 0 Å². The summed E-state index contributed by atoms with van der Waals surface area (Å²) in [5, 5.41) is 0. The van der Waals surface area contributed by atoms with Gasteiger partial charge in [0.2, 0.25) is 0 Å². The number of ether oxygens (including phenoxy) is 2. The monoisotopic (exact) mass is 238 g/mol. The van der Waals surface area contributed by atoms with Crippen LogP contribution in [0.2, 0.25) is 0 Å². The van der Waals surface area contributed by atoms with Crippen molar-refractivity contribution in [3.63, 3.8) is 0 Å². The van der Waals surface area contributed by atoms with Gasteiger partial charge in [-0.3, -0.25) is 0 Å². The second-order valence-corrected chi connectivity index (χ2v) is 4.13. The summed E-state index contributed by atoms with van der Waals surface area (Å²) in [5.41, 5.74) is 1.36. The van der Waals surface area contributed by atoms with Crippen LogP contribution >= 0.6 is 17.4 Å². The van der Waals surface area contributed by atoms with Crippen LogP contribution in [0.5, 0.6) is 0 Å². The minimum atomic E-state index is 0.389. The summed E-state index contributed by atoms with van der Waals surface area (Å²) in [6.07, 6.45) is 4.22. The second kappa shape index (κ2) is 11.6. The molecule has 3 nitrogen and oxygen atoms in total. The molecule has 0 spiro atoms. The Labute approximate surface area is 90.5 Å². The van der Waals surface area contributed by atoms with Crippen molar-refractivity contribution in [1.82, 2.24) is 0 Å². The third-order valence-electron chi connectivity index (χ3n) is 1.66. The minimum Gasteiger partial charge on any atom is -0.359 e. The standard InChI is InChI=1S/C9H20O3P2/c1-9(5-7-12-14-13)4-3-6-11-8-10-2/h5,14H,3-4,6-8,13H2,1-2H3/b9-5+. The summed E-state index contributed by atoms with van der Waals surface area (Å²) in [5.74, 6) is 0. The van der Waals surface area contributed by atoms with E-state index in [1.165, 1.54) is 5.57 Å². The fourth-order valence-electron chi connectivity index (χ4n) is 0.929. The van der Waals surface area contributed by atoms with E-state index in [9.17, 15) is 0 Å². The Bertz CT molecular complexity index is 151. The lowest BCUT2D eigenvalue weighted by atomic mass is 10.1. The van der Waals surface area contributed by atoms with Crippen LogP contribution in [0.1, 0.15) is 19.8 Å². The number of rotatable bonds is 9. The number of hydrogen-bond acceptors (Lipinski definition) is 3. The maximum atomic E-state index is 5.21. The topological polar surface area (TPSA) is 27.7 Å². The first kappa shape index (κ1) is 14.5. The van der Waals surface area contributed by atoms with Crippen LogP contribution in [0.15, 0.2) is 11.6 Å². The SMILES string of the molecule is COCOCCC/C(C)=C/COPP. The van der Waals surface area contributed by atoms with E-state index in [2.05, 4.69) is 21.9 Å². The smallest absolute Gasteiger partial charge is 0.146 e. The summed E-state index contributed by atoms with van der Waals surface area (Å²) >= 11 is 0. The summed E-state index contributed by atoms with van der Waals surface area (Å²) in [4.78, 5) is 0. The highest BCUT2D eigenvalue weighted by Crippen LogP contribution is 2.20. The average Bonchev–Trinajstić information content (AvgIpc) is 2.18. The van der Waals surface area contributed by atoms with Gasteiger partial charge in [-0.15, -0.1) is 0 Å². The Hall–Kier alpha value is 0.480. The van der Waals surface area contributed by atoms with Gasteiger partial charge in [-0.05, 0) is 19.8 Å². The highest BCUT2D eigenvalue weighted by Gasteiger charge is 1.91. The molecule has 5 heteroatoms. The molecule has 0 saturated carbocycles.